The summed E-state index contributed by atoms with van der Waals surface area (Å²) in [5.41, 5.74) is -0.199. The van der Waals surface area contributed by atoms with Gasteiger partial charge in [0.15, 0.2) is 0 Å². The second-order valence-corrected chi connectivity index (χ2v) is 3.20. The smallest absolute Gasteiger partial charge is 0.326 e. The third kappa shape index (κ3) is 3.19. The van der Waals surface area contributed by atoms with Crippen molar-refractivity contribution in [3.8, 4) is 0 Å². The fourth-order valence-electron chi connectivity index (χ4n) is 1.19. The number of nitrogens with one attached hydrogen (secondary N) is 2. The minimum Gasteiger partial charge on any atom is -0.480 e. The Morgan fingerprint density at radius 2 is 2.31 bits per heavy atom. The Hall–Kier alpha value is -2.18. The Morgan fingerprint density at radius 1 is 1.62 bits per heavy atom. The first kappa shape index (κ1) is 11.9. The molecule has 0 saturated carbocycles. The van der Waals surface area contributed by atoms with E-state index in [4.69, 9.17) is 5.11 Å². The third-order valence-corrected chi connectivity index (χ3v) is 1.89. The zero-order chi connectivity index (χ0) is 12.1. The highest BCUT2D eigenvalue weighted by Crippen LogP contribution is 1.96. The van der Waals surface area contributed by atoms with Gasteiger partial charge in [0.2, 0.25) is 5.91 Å². The second-order valence-electron chi connectivity index (χ2n) is 3.20. The number of H-pyrrole nitrogens is 1. The van der Waals surface area contributed by atoms with E-state index in [1.165, 1.54) is 19.4 Å². The Bertz CT molecular complexity index is 454. The molecule has 16 heavy (non-hydrogen) atoms. The second kappa shape index (κ2) is 5.06. The Kier molecular flexibility index (Phi) is 3.76. The molecule has 1 rings (SSSR count). The number of carboxylic acids is 1. The fraction of sp³-hybridized carbons (Fsp3) is 0.333. The van der Waals surface area contributed by atoms with Gasteiger partial charge < -0.3 is 15.4 Å². The molecule has 1 atom stereocenters. The van der Waals surface area contributed by atoms with Gasteiger partial charge >= 0.3 is 5.97 Å². The van der Waals surface area contributed by atoms with Gasteiger partial charge in [-0.25, -0.2) is 9.78 Å². The Labute approximate surface area is 90.5 Å². The molecule has 7 nitrogen and oxygen atoms in total. The topological polar surface area (TPSA) is 112 Å². The maximum atomic E-state index is 11.3. The summed E-state index contributed by atoms with van der Waals surface area (Å²) in [6, 6.07) is -1.12. The standard InChI is InChI=1S/C9H11N3O4/c1-5(13)12-7(9(15)16)2-6-3-10-4-11-8(6)14/h3-4,7H,2H2,1H3,(H,12,13)(H,15,16)(H,10,11,14). The predicted octanol–water partition coefficient (Wildman–Crippen LogP) is -1.10. The van der Waals surface area contributed by atoms with Crippen LogP contribution in [-0.2, 0) is 16.0 Å². The highest BCUT2D eigenvalue weighted by atomic mass is 16.4. The van der Waals surface area contributed by atoms with Crippen LogP contribution in [0, 0.1) is 0 Å². The van der Waals surface area contributed by atoms with Crippen molar-refractivity contribution in [1.29, 1.82) is 0 Å². The quantitative estimate of drug-likeness (QED) is 0.602. The Balaban J connectivity index is 2.84. The van der Waals surface area contributed by atoms with E-state index in [0.29, 0.717) is 0 Å². The molecule has 0 saturated heterocycles. The Morgan fingerprint density at radius 3 is 2.81 bits per heavy atom. The zero-order valence-electron chi connectivity index (χ0n) is 8.56. The summed E-state index contributed by atoms with van der Waals surface area (Å²) in [6.45, 7) is 1.21. The van der Waals surface area contributed by atoms with Crippen LogP contribution in [0.25, 0.3) is 0 Å². The zero-order valence-corrected chi connectivity index (χ0v) is 8.56. The molecule has 86 valence electrons. The van der Waals surface area contributed by atoms with Crippen molar-refractivity contribution in [2.45, 2.75) is 19.4 Å². The molecule has 0 fully saturated rings. The number of carboxylic acid groups (broad SMARTS) is 1. The summed E-state index contributed by atoms with van der Waals surface area (Å²) in [7, 11) is 0. The van der Waals surface area contributed by atoms with Gasteiger partial charge in [0.25, 0.3) is 5.56 Å². The summed E-state index contributed by atoms with van der Waals surface area (Å²) in [5, 5.41) is 11.1. The SMILES string of the molecule is CC(=O)NC(Cc1cnc[nH]c1=O)C(=O)O. The molecule has 0 radical (unpaired) electrons. The van der Waals surface area contributed by atoms with Crippen molar-refractivity contribution >= 4 is 11.9 Å². The first-order chi connectivity index (χ1) is 7.50. The lowest BCUT2D eigenvalue weighted by Crippen LogP contribution is -2.42. The highest BCUT2D eigenvalue weighted by Gasteiger charge is 2.20. The van der Waals surface area contributed by atoms with Gasteiger partial charge in [-0.15, -0.1) is 0 Å². The lowest BCUT2D eigenvalue weighted by molar-refractivity contribution is -0.141. The lowest BCUT2D eigenvalue weighted by Gasteiger charge is -2.11. The van der Waals surface area contributed by atoms with E-state index in [1.54, 1.807) is 0 Å². The third-order valence-electron chi connectivity index (χ3n) is 1.89. The number of hydrogen-bond donors (Lipinski definition) is 3. The largest absolute Gasteiger partial charge is 0.480 e. The van der Waals surface area contributed by atoms with Crippen LogP contribution in [-0.4, -0.2) is 33.0 Å². The number of rotatable bonds is 4. The minimum absolute atomic E-state index is 0.0991. The van der Waals surface area contributed by atoms with Crippen LogP contribution in [0.2, 0.25) is 0 Å². The van der Waals surface area contributed by atoms with Gasteiger partial charge in [-0.1, -0.05) is 0 Å². The number of carbonyl (C=O) groups is 2. The number of nitrogens with zero attached hydrogens (tertiary/aromatic N) is 1. The fourth-order valence-corrected chi connectivity index (χ4v) is 1.19. The van der Waals surface area contributed by atoms with Crippen LogP contribution in [0.3, 0.4) is 0 Å². The number of aromatic amines is 1. The molecule has 0 aliphatic rings. The molecule has 1 unspecified atom stereocenters. The van der Waals surface area contributed by atoms with Gasteiger partial charge in [0.05, 0.1) is 6.33 Å². The van der Waals surface area contributed by atoms with E-state index in [1.807, 2.05) is 0 Å². The maximum absolute atomic E-state index is 11.3. The molecule has 0 bridgehead atoms. The average molecular weight is 225 g/mol. The number of aliphatic carboxylic acids is 1. The molecular weight excluding hydrogens is 214 g/mol. The normalized spacial score (nSPS) is 11.8. The molecule has 0 aliphatic heterocycles. The van der Waals surface area contributed by atoms with Gasteiger partial charge in [-0.05, 0) is 0 Å². The van der Waals surface area contributed by atoms with Crippen molar-refractivity contribution in [3.05, 3.63) is 28.4 Å². The molecule has 1 aromatic heterocycles. The molecule has 0 aliphatic carbocycles. The molecule has 1 heterocycles. The maximum Gasteiger partial charge on any atom is 0.326 e. The van der Waals surface area contributed by atoms with E-state index in [9.17, 15) is 14.4 Å². The monoisotopic (exact) mass is 225 g/mol. The number of amides is 1. The van der Waals surface area contributed by atoms with E-state index in [-0.39, 0.29) is 12.0 Å². The summed E-state index contributed by atoms with van der Waals surface area (Å²) in [6.07, 6.45) is 2.38. The van der Waals surface area contributed by atoms with Crippen molar-refractivity contribution in [2.24, 2.45) is 0 Å². The van der Waals surface area contributed by atoms with Crippen LogP contribution < -0.4 is 10.9 Å². The van der Waals surface area contributed by atoms with E-state index < -0.39 is 23.5 Å². The van der Waals surface area contributed by atoms with Crippen molar-refractivity contribution in [3.63, 3.8) is 0 Å². The first-order valence-corrected chi connectivity index (χ1v) is 4.52. The number of aromatic nitrogens is 2. The van der Waals surface area contributed by atoms with Gasteiger partial charge in [-0.3, -0.25) is 9.59 Å². The summed E-state index contributed by atoms with van der Waals surface area (Å²) in [4.78, 5) is 38.8. The number of carbonyl (C=O) groups excluding carboxylic acids is 1. The van der Waals surface area contributed by atoms with Gasteiger partial charge in [0, 0.05) is 25.1 Å². The lowest BCUT2D eigenvalue weighted by atomic mass is 10.1. The molecule has 1 amide bonds. The summed E-state index contributed by atoms with van der Waals surface area (Å²) >= 11 is 0. The van der Waals surface area contributed by atoms with E-state index in [2.05, 4.69) is 15.3 Å². The minimum atomic E-state index is -1.20. The van der Waals surface area contributed by atoms with Crippen LogP contribution in [0.4, 0.5) is 0 Å². The molecule has 0 spiro atoms. The van der Waals surface area contributed by atoms with Crippen LogP contribution >= 0.6 is 0 Å². The van der Waals surface area contributed by atoms with Gasteiger partial charge in [0.1, 0.15) is 6.04 Å². The van der Waals surface area contributed by atoms with Crippen LogP contribution in [0.1, 0.15) is 12.5 Å². The van der Waals surface area contributed by atoms with Crippen molar-refractivity contribution < 1.29 is 14.7 Å². The summed E-state index contributed by atoms with van der Waals surface area (Å²) in [5.74, 6) is -1.66. The molecule has 0 aromatic carbocycles. The highest BCUT2D eigenvalue weighted by molar-refractivity contribution is 5.82. The van der Waals surface area contributed by atoms with Crippen LogP contribution in [0.5, 0.6) is 0 Å². The average Bonchev–Trinajstić information content (AvgIpc) is 2.19. The first-order valence-electron chi connectivity index (χ1n) is 4.52. The molecule has 7 heteroatoms. The van der Waals surface area contributed by atoms with Crippen molar-refractivity contribution in [2.75, 3.05) is 0 Å². The molecule has 3 N–H and O–H groups in total. The molecule has 1 aromatic rings. The molecular formula is C9H11N3O4. The predicted molar refractivity (Wildman–Crippen MR) is 53.8 cm³/mol. The van der Waals surface area contributed by atoms with E-state index in [0.717, 1.165) is 0 Å². The van der Waals surface area contributed by atoms with Crippen LogP contribution in [0.15, 0.2) is 17.3 Å². The van der Waals surface area contributed by atoms with Gasteiger partial charge in [-0.2, -0.15) is 0 Å². The number of hydrogen-bond acceptors (Lipinski definition) is 4. The van der Waals surface area contributed by atoms with Crippen molar-refractivity contribution in [1.82, 2.24) is 15.3 Å². The summed E-state index contributed by atoms with van der Waals surface area (Å²) < 4.78 is 0. The van der Waals surface area contributed by atoms with E-state index >= 15 is 0 Å².